The van der Waals surface area contributed by atoms with Crippen LogP contribution >= 0.6 is 15.9 Å². The van der Waals surface area contributed by atoms with Crippen molar-refractivity contribution in [2.24, 2.45) is 0 Å². The summed E-state index contributed by atoms with van der Waals surface area (Å²) in [5.41, 5.74) is 1.25. The molecule has 0 unspecified atom stereocenters. The van der Waals surface area contributed by atoms with Crippen LogP contribution in [0.1, 0.15) is 18.4 Å². The number of rotatable bonds is 3. The Balaban J connectivity index is 2.26. The Bertz CT molecular complexity index is 342. The minimum absolute atomic E-state index is 0.0119. The lowest BCUT2D eigenvalue weighted by Gasteiger charge is -2.45. The van der Waals surface area contributed by atoms with E-state index in [-0.39, 0.29) is 5.41 Å². The molecule has 1 nitrogen and oxygen atoms in total. The van der Waals surface area contributed by atoms with Crippen LogP contribution in [0.3, 0.4) is 0 Å². The molecule has 2 rings (SSSR count). The molecule has 0 heterocycles. The first kappa shape index (κ1) is 11.1. The summed E-state index contributed by atoms with van der Waals surface area (Å²) in [6.07, 6.45) is 0.659. The molecule has 0 aromatic heterocycles. The first-order valence-corrected chi connectivity index (χ1v) is 6.00. The summed E-state index contributed by atoms with van der Waals surface area (Å²) in [6, 6.07) is 8.21. The zero-order valence-corrected chi connectivity index (χ0v) is 10.3. The molecule has 3 heteroatoms. The van der Waals surface area contributed by atoms with Gasteiger partial charge in [0.2, 0.25) is 0 Å². The van der Waals surface area contributed by atoms with Gasteiger partial charge in [0.1, 0.15) is 6.17 Å². The number of alkyl halides is 1. The fourth-order valence-electron chi connectivity index (χ4n) is 2.43. The SMILES string of the molecule is CNCC1(c2cccc(Br)c2)CC(F)C1. The van der Waals surface area contributed by atoms with Gasteiger partial charge in [-0.1, -0.05) is 28.1 Å². The number of likely N-dealkylation sites (N-methyl/N-ethyl adjacent to an activating group) is 1. The highest BCUT2D eigenvalue weighted by Crippen LogP contribution is 2.45. The van der Waals surface area contributed by atoms with Crippen molar-refractivity contribution in [3.8, 4) is 0 Å². The standard InChI is InChI=1S/C12H15BrFN/c1-15-8-12(6-11(14)7-12)9-3-2-4-10(13)5-9/h2-5,11,15H,6-8H2,1H3. The molecule has 0 atom stereocenters. The predicted octanol–water partition coefficient (Wildman–Crippen LogP) is 3.04. The molecular formula is C12H15BrFN. The summed E-state index contributed by atoms with van der Waals surface area (Å²) in [4.78, 5) is 0. The summed E-state index contributed by atoms with van der Waals surface area (Å²) in [6.45, 7) is 0.851. The van der Waals surface area contributed by atoms with Gasteiger partial charge in [-0.25, -0.2) is 4.39 Å². The van der Waals surface area contributed by atoms with E-state index in [0.29, 0.717) is 12.8 Å². The molecular weight excluding hydrogens is 257 g/mol. The molecule has 0 radical (unpaired) electrons. The Labute approximate surface area is 98.2 Å². The quantitative estimate of drug-likeness (QED) is 0.891. The Morgan fingerprint density at radius 2 is 2.27 bits per heavy atom. The highest BCUT2D eigenvalue weighted by Gasteiger charge is 2.45. The average Bonchev–Trinajstić information content (AvgIpc) is 2.15. The second-order valence-electron chi connectivity index (χ2n) is 4.33. The van der Waals surface area contributed by atoms with Crippen molar-refractivity contribution < 1.29 is 4.39 Å². The molecule has 0 aliphatic heterocycles. The van der Waals surface area contributed by atoms with Crippen LogP contribution in [0.25, 0.3) is 0 Å². The van der Waals surface area contributed by atoms with Crippen molar-refractivity contribution in [1.29, 1.82) is 0 Å². The van der Waals surface area contributed by atoms with Crippen LogP contribution in [0, 0.1) is 0 Å². The molecule has 1 aliphatic rings. The first-order valence-electron chi connectivity index (χ1n) is 5.21. The molecule has 1 fully saturated rings. The van der Waals surface area contributed by atoms with E-state index in [1.54, 1.807) is 0 Å². The summed E-state index contributed by atoms with van der Waals surface area (Å²) in [5, 5.41) is 3.17. The number of hydrogen-bond donors (Lipinski definition) is 1. The number of benzene rings is 1. The third-order valence-electron chi connectivity index (χ3n) is 3.18. The number of halogens is 2. The summed E-state index contributed by atoms with van der Waals surface area (Å²) in [7, 11) is 1.92. The third-order valence-corrected chi connectivity index (χ3v) is 3.67. The van der Waals surface area contributed by atoms with Gasteiger partial charge < -0.3 is 5.32 Å². The summed E-state index contributed by atoms with van der Waals surface area (Å²) >= 11 is 3.46. The monoisotopic (exact) mass is 271 g/mol. The molecule has 1 aromatic rings. The Kier molecular flexibility index (Phi) is 3.12. The minimum Gasteiger partial charge on any atom is -0.319 e. The van der Waals surface area contributed by atoms with Gasteiger partial charge >= 0.3 is 0 Å². The van der Waals surface area contributed by atoms with E-state index in [1.165, 1.54) is 5.56 Å². The normalized spacial score (nSPS) is 29.9. The maximum Gasteiger partial charge on any atom is 0.102 e. The van der Waals surface area contributed by atoms with Crippen molar-refractivity contribution in [3.63, 3.8) is 0 Å². The topological polar surface area (TPSA) is 12.0 Å². The second-order valence-corrected chi connectivity index (χ2v) is 5.24. The highest BCUT2D eigenvalue weighted by molar-refractivity contribution is 9.10. The van der Waals surface area contributed by atoms with Gasteiger partial charge in [0, 0.05) is 16.4 Å². The van der Waals surface area contributed by atoms with Crippen LogP contribution in [-0.4, -0.2) is 19.8 Å². The Morgan fingerprint density at radius 1 is 1.53 bits per heavy atom. The molecule has 1 aliphatic carbocycles. The third kappa shape index (κ3) is 2.08. The minimum atomic E-state index is -0.627. The van der Waals surface area contributed by atoms with Crippen molar-refractivity contribution in [3.05, 3.63) is 34.3 Å². The van der Waals surface area contributed by atoms with E-state index in [1.807, 2.05) is 19.2 Å². The van der Waals surface area contributed by atoms with Crippen LogP contribution in [-0.2, 0) is 5.41 Å². The lowest BCUT2D eigenvalue weighted by Crippen LogP contribution is -2.49. The lowest BCUT2D eigenvalue weighted by molar-refractivity contribution is 0.0940. The van der Waals surface area contributed by atoms with Gasteiger partial charge in [0.05, 0.1) is 0 Å². The van der Waals surface area contributed by atoms with Gasteiger partial charge in [-0.05, 0) is 37.6 Å². The fraction of sp³-hybridized carbons (Fsp3) is 0.500. The van der Waals surface area contributed by atoms with Crippen LogP contribution in [0.5, 0.6) is 0 Å². The van der Waals surface area contributed by atoms with Gasteiger partial charge in [-0.3, -0.25) is 0 Å². The predicted molar refractivity (Wildman–Crippen MR) is 63.9 cm³/mol. The van der Waals surface area contributed by atoms with Crippen LogP contribution in [0.4, 0.5) is 4.39 Å². The molecule has 1 saturated carbocycles. The fourth-order valence-corrected chi connectivity index (χ4v) is 2.83. The van der Waals surface area contributed by atoms with Gasteiger partial charge in [0.25, 0.3) is 0 Å². The number of hydrogen-bond acceptors (Lipinski definition) is 1. The molecule has 82 valence electrons. The van der Waals surface area contributed by atoms with Crippen molar-refractivity contribution in [2.45, 2.75) is 24.4 Å². The molecule has 0 amide bonds. The summed E-state index contributed by atoms with van der Waals surface area (Å²) < 4.78 is 14.1. The van der Waals surface area contributed by atoms with E-state index in [9.17, 15) is 4.39 Å². The maximum absolute atomic E-state index is 13.1. The first-order chi connectivity index (χ1) is 7.16. The van der Waals surface area contributed by atoms with Crippen molar-refractivity contribution >= 4 is 15.9 Å². The largest absolute Gasteiger partial charge is 0.319 e. The average molecular weight is 272 g/mol. The van der Waals surface area contributed by atoms with E-state index in [0.717, 1.165) is 11.0 Å². The molecule has 0 spiro atoms. The number of nitrogens with one attached hydrogen (secondary N) is 1. The van der Waals surface area contributed by atoms with Gasteiger partial charge in [-0.15, -0.1) is 0 Å². The molecule has 1 aromatic carbocycles. The van der Waals surface area contributed by atoms with E-state index in [2.05, 4.69) is 33.4 Å². The van der Waals surface area contributed by atoms with Crippen molar-refractivity contribution in [1.82, 2.24) is 5.32 Å². The van der Waals surface area contributed by atoms with Crippen LogP contribution in [0.15, 0.2) is 28.7 Å². The van der Waals surface area contributed by atoms with E-state index in [4.69, 9.17) is 0 Å². The van der Waals surface area contributed by atoms with Crippen LogP contribution < -0.4 is 5.32 Å². The van der Waals surface area contributed by atoms with Gasteiger partial charge in [0.15, 0.2) is 0 Å². The molecule has 0 saturated heterocycles. The molecule has 0 bridgehead atoms. The molecule has 1 N–H and O–H groups in total. The zero-order chi connectivity index (χ0) is 10.9. The zero-order valence-electron chi connectivity index (χ0n) is 8.76. The Morgan fingerprint density at radius 3 is 2.80 bits per heavy atom. The van der Waals surface area contributed by atoms with Crippen molar-refractivity contribution in [2.75, 3.05) is 13.6 Å². The molecule has 15 heavy (non-hydrogen) atoms. The highest BCUT2D eigenvalue weighted by atomic mass is 79.9. The lowest BCUT2D eigenvalue weighted by atomic mass is 9.63. The van der Waals surface area contributed by atoms with Gasteiger partial charge in [-0.2, -0.15) is 0 Å². The second kappa shape index (κ2) is 4.22. The maximum atomic E-state index is 13.1. The smallest absolute Gasteiger partial charge is 0.102 e. The summed E-state index contributed by atoms with van der Waals surface area (Å²) in [5.74, 6) is 0. The van der Waals surface area contributed by atoms with Crippen LogP contribution in [0.2, 0.25) is 0 Å². The van der Waals surface area contributed by atoms with E-state index >= 15 is 0 Å². The van der Waals surface area contributed by atoms with E-state index < -0.39 is 6.17 Å². The Hall–Kier alpha value is -0.410.